The minimum atomic E-state index is 0.0345. The van der Waals surface area contributed by atoms with Crippen LogP contribution in [-0.4, -0.2) is 15.8 Å². The molecule has 0 aliphatic heterocycles. The Morgan fingerprint density at radius 2 is 2.21 bits per heavy atom. The van der Waals surface area contributed by atoms with Crippen molar-refractivity contribution in [2.45, 2.75) is 6.92 Å². The second-order valence-electron chi connectivity index (χ2n) is 2.92. The molecule has 0 aliphatic carbocycles. The molecule has 0 saturated heterocycles. The molecule has 0 saturated carbocycles. The molecule has 2 aromatic rings. The average molecular weight is 318 g/mol. The van der Waals surface area contributed by atoms with Gasteiger partial charge in [-0.3, -0.25) is 4.79 Å². The highest BCUT2D eigenvalue weighted by atomic mass is 79.9. The minimum Gasteiger partial charge on any atom is -0.345 e. The number of rotatable bonds is 1. The molecule has 2 rings (SSSR count). The number of H-pyrrole nitrogens is 1. The molecule has 0 unspecified atom stereocenters. The van der Waals surface area contributed by atoms with Gasteiger partial charge in [0.1, 0.15) is 10.3 Å². The van der Waals surface area contributed by atoms with Gasteiger partial charge < -0.3 is 4.98 Å². The van der Waals surface area contributed by atoms with Crippen molar-refractivity contribution in [2.75, 3.05) is 0 Å². The summed E-state index contributed by atoms with van der Waals surface area (Å²) in [7, 11) is 0. The first-order valence-corrected chi connectivity index (χ1v) is 5.52. The first kappa shape index (κ1) is 9.86. The molecule has 0 aliphatic rings. The van der Waals surface area contributed by atoms with Gasteiger partial charge in [0.05, 0.1) is 4.47 Å². The fraction of sp³-hybridized carbons (Fsp3) is 0.111. The van der Waals surface area contributed by atoms with Crippen LogP contribution in [0.15, 0.2) is 21.3 Å². The van der Waals surface area contributed by atoms with Gasteiger partial charge in [0.15, 0.2) is 5.78 Å². The van der Waals surface area contributed by atoms with Gasteiger partial charge in [-0.1, -0.05) is 0 Å². The molecule has 0 spiro atoms. The van der Waals surface area contributed by atoms with Crippen LogP contribution >= 0.6 is 31.9 Å². The monoisotopic (exact) mass is 316 g/mol. The third-order valence-electron chi connectivity index (χ3n) is 1.96. The number of nitrogens with one attached hydrogen (secondary N) is 1. The van der Waals surface area contributed by atoms with Crippen LogP contribution in [0.1, 0.15) is 17.3 Å². The molecule has 0 aromatic carbocycles. The van der Waals surface area contributed by atoms with E-state index in [9.17, 15) is 4.79 Å². The van der Waals surface area contributed by atoms with Crippen molar-refractivity contribution in [3.63, 3.8) is 0 Å². The van der Waals surface area contributed by atoms with Gasteiger partial charge in [0.25, 0.3) is 0 Å². The highest BCUT2D eigenvalue weighted by molar-refractivity contribution is 9.13. The second-order valence-corrected chi connectivity index (χ2v) is 4.52. The maximum Gasteiger partial charge on any atom is 0.162 e. The molecule has 3 nitrogen and oxygen atoms in total. The summed E-state index contributed by atoms with van der Waals surface area (Å²) in [5.41, 5.74) is 1.38. The number of aromatic nitrogens is 2. The van der Waals surface area contributed by atoms with Crippen molar-refractivity contribution in [1.82, 2.24) is 9.97 Å². The van der Waals surface area contributed by atoms with Gasteiger partial charge in [0.2, 0.25) is 0 Å². The number of halogens is 2. The summed E-state index contributed by atoms with van der Waals surface area (Å²) in [5.74, 6) is 0.0345. The molecule has 5 heteroatoms. The smallest absolute Gasteiger partial charge is 0.162 e. The fourth-order valence-corrected chi connectivity index (χ4v) is 1.90. The van der Waals surface area contributed by atoms with Gasteiger partial charge in [-0.15, -0.1) is 0 Å². The van der Waals surface area contributed by atoms with Crippen LogP contribution < -0.4 is 0 Å². The number of hydrogen-bond acceptors (Lipinski definition) is 2. The van der Waals surface area contributed by atoms with Crippen LogP contribution in [0.2, 0.25) is 0 Å². The molecular formula is C9H6Br2N2O. The van der Waals surface area contributed by atoms with Crippen LogP contribution in [0.3, 0.4) is 0 Å². The van der Waals surface area contributed by atoms with E-state index in [0.29, 0.717) is 11.2 Å². The summed E-state index contributed by atoms with van der Waals surface area (Å²) in [5, 5.41) is 0.840. The largest absolute Gasteiger partial charge is 0.345 e. The van der Waals surface area contributed by atoms with Crippen molar-refractivity contribution in [2.24, 2.45) is 0 Å². The standard InChI is InChI=1S/C9H6Br2N2O/c1-4(14)6-3-12-9-5(6)2-7(10)8(11)13-9/h2-3H,1H3,(H,12,13). The number of nitrogens with zero attached hydrogens (tertiary/aromatic N) is 1. The predicted molar refractivity (Wildman–Crippen MR) is 61.5 cm³/mol. The zero-order chi connectivity index (χ0) is 10.3. The second kappa shape index (κ2) is 3.47. The number of fused-ring (bicyclic) bond motifs is 1. The molecule has 14 heavy (non-hydrogen) atoms. The predicted octanol–water partition coefficient (Wildman–Crippen LogP) is 3.29. The van der Waals surface area contributed by atoms with Crippen molar-refractivity contribution in [3.05, 3.63) is 26.9 Å². The van der Waals surface area contributed by atoms with E-state index in [-0.39, 0.29) is 5.78 Å². The molecule has 0 radical (unpaired) electrons. The Morgan fingerprint density at radius 1 is 1.50 bits per heavy atom. The van der Waals surface area contributed by atoms with Gasteiger partial charge >= 0.3 is 0 Å². The average Bonchev–Trinajstić information content (AvgIpc) is 2.48. The van der Waals surface area contributed by atoms with Crippen LogP contribution in [-0.2, 0) is 0 Å². The molecule has 1 N–H and O–H groups in total. The summed E-state index contributed by atoms with van der Waals surface area (Å²) in [6, 6.07) is 1.87. The molecule has 2 heterocycles. The lowest BCUT2D eigenvalue weighted by Crippen LogP contribution is -1.89. The Bertz CT molecular complexity index is 519. The van der Waals surface area contributed by atoms with Crippen molar-refractivity contribution < 1.29 is 4.79 Å². The summed E-state index contributed by atoms with van der Waals surface area (Å²) in [6.45, 7) is 1.54. The van der Waals surface area contributed by atoms with Crippen LogP contribution in [0.4, 0.5) is 0 Å². The molecule has 0 amide bonds. The summed E-state index contributed by atoms with van der Waals surface area (Å²) in [6.07, 6.45) is 1.68. The minimum absolute atomic E-state index is 0.0345. The third kappa shape index (κ3) is 1.50. The highest BCUT2D eigenvalue weighted by Gasteiger charge is 2.10. The van der Waals surface area contributed by atoms with Gasteiger partial charge in [0, 0.05) is 17.1 Å². The Labute approximate surface area is 97.2 Å². The highest BCUT2D eigenvalue weighted by Crippen LogP contribution is 2.27. The fourth-order valence-electron chi connectivity index (χ4n) is 1.29. The number of ketones is 1. The number of carbonyl (C=O) groups excluding carboxylic acids is 1. The van der Waals surface area contributed by atoms with E-state index < -0.39 is 0 Å². The van der Waals surface area contributed by atoms with E-state index in [1.165, 1.54) is 0 Å². The Morgan fingerprint density at radius 3 is 2.86 bits per heavy atom. The van der Waals surface area contributed by atoms with Crippen LogP contribution in [0, 0.1) is 0 Å². The van der Waals surface area contributed by atoms with E-state index in [0.717, 1.165) is 14.5 Å². The SMILES string of the molecule is CC(=O)c1c[nH]c2nc(Br)c(Br)cc12. The zero-order valence-corrected chi connectivity index (χ0v) is 10.4. The van der Waals surface area contributed by atoms with Crippen LogP contribution in [0.25, 0.3) is 11.0 Å². The maximum atomic E-state index is 11.2. The van der Waals surface area contributed by atoms with E-state index in [2.05, 4.69) is 41.8 Å². The lowest BCUT2D eigenvalue weighted by atomic mass is 10.2. The summed E-state index contributed by atoms with van der Waals surface area (Å²) < 4.78 is 1.56. The molecule has 0 fully saturated rings. The topological polar surface area (TPSA) is 45.8 Å². The van der Waals surface area contributed by atoms with E-state index in [4.69, 9.17) is 0 Å². The summed E-state index contributed by atoms with van der Waals surface area (Å²) >= 11 is 6.65. The molecule has 0 bridgehead atoms. The quantitative estimate of drug-likeness (QED) is 0.648. The lowest BCUT2D eigenvalue weighted by molar-refractivity contribution is 0.101. The van der Waals surface area contributed by atoms with Crippen molar-refractivity contribution in [1.29, 1.82) is 0 Å². The Balaban J connectivity index is 2.80. The van der Waals surface area contributed by atoms with E-state index in [1.807, 2.05) is 6.07 Å². The molecular weight excluding hydrogens is 312 g/mol. The van der Waals surface area contributed by atoms with E-state index >= 15 is 0 Å². The van der Waals surface area contributed by atoms with E-state index in [1.54, 1.807) is 13.1 Å². The van der Waals surface area contributed by atoms with Gasteiger partial charge in [-0.2, -0.15) is 0 Å². The lowest BCUT2D eigenvalue weighted by Gasteiger charge is -1.96. The van der Waals surface area contributed by atoms with Crippen molar-refractivity contribution >= 4 is 48.7 Å². The number of aromatic amines is 1. The molecule has 2 aromatic heterocycles. The molecule has 0 atom stereocenters. The third-order valence-corrected chi connectivity index (χ3v) is 3.70. The summed E-state index contributed by atoms with van der Waals surface area (Å²) in [4.78, 5) is 18.4. The molecule has 72 valence electrons. The Hall–Kier alpha value is -0.680. The first-order chi connectivity index (χ1) is 6.59. The van der Waals surface area contributed by atoms with Crippen molar-refractivity contribution in [3.8, 4) is 0 Å². The normalized spacial score (nSPS) is 10.8. The number of Topliss-reactive ketones (excluding diaryl/α,β-unsaturated/α-hetero) is 1. The number of hydrogen-bond donors (Lipinski definition) is 1. The van der Waals surface area contributed by atoms with Gasteiger partial charge in [-0.25, -0.2) is 4.98 Å². The Kier molecular flexibility index (Phi) is 2.45. The first-order valence-electron chi connectivity index (χ1n) is 3.93. The number of carbonyl (C=O) groups is 1. The maximum absolute atomic E-state index is 11.2. The van der Waals surface area contributed by atoms with Gasteiger partial charge in [-0.05, 0) is 44.8 Å². The number of pyridine rings is 1. The van der Waals surface area contributed by atoms with Crippen LogP contribution in [0.5, 0.6) is 0 Å². The zero-order valence-electron chi connectivity index (χ0n) is 7.27.